The maximum Gasteiger partial charge on any atom is 2.00 e. The summed E-state index contributed by atoms with van der Waals surface area (Å²) in [5.74, 6) is 0. The van der Waals surface area contributed by atoms with E-state index in [-0.39, 0.29) is 31.1 Å². The molecule has 1 heteroatoms. The van der Waals surface area contributed by atoms with Gasteiger partial charge in [-0.25, -0.2) is 0 Å². The summed E-state index contributed by atoms with van der Waals surface area (Å²) in [6.45, 7) is 24.0. The quantitative estimate of drug-likeness (QED) is 0.160. The molecule has 0 unspecified atom stereocenters. The summed E-state index contributed by atoms with van der Waals surface area (Å²) in [6.07, 6.45) is 0. The van der Waals surface area contributed by atoms with E-state index in [1.54, 1.807) is 0 Å². The first-order valence-corrected chi connectivity index (χ1v) is 13.2. The number of rotatable bonds is 0. The van der Waals surface area contributed by atoms with Crippen molar-refractivity contribution in [1.29, 1.82) is 0 Å². The van der Waals surface area contributed by atoms with E-state index in [0.717, 1.165) is 0 Å². The molecule has 0 aromatic heterocycles. The number of hydrogen-bond donors (Lipinski definition) is 0. The minimum atomic E-state index is 0. The van der Waals surface area contributed by atoms with E-state index >= 15 is 0 Å². The van der Waals surface area contributed by atoms with Gasteiger partial charge in [0.2, 0.25) is 0 Å². The summed E-state index contributed by atoms with van der Waals surface area (Å²) in [6, 6.07) is 41.7. The van der Waals surface area contributed by atoms with E-state index in [1.165, 1.54) is 10.8 Å². The third-order valence-corrected chi connectivity index (χ3v) is 2.87. The molecule has 0 N–H and O–H groups in total. The molecule has 0 saturated heterocycles. The second-order valence-corrected chi connectivity index (χ2v) is 4.50. The molecular weight excluding hydrogens is 646 g/mol. The van der Waals surface area contributed by atoms with Crippen molar-refractivity contribution in [1.82, 2.24) is 0 Å². The van der Waals surface area contributed by atoms with Gasteiger partial charge < -0.3 is 0 Å². The Kier molecular flexibility index (Phi) is 71.1. The van der Waals surface area contributed by atoms with Crippen molar-refractivity contribution in [3.05, 3.63) is 121 Å². The van der Waals surface area contributed by atoms with Crippen LogP contribution in [-0.2, 0) is 0 Å². The fourth-order valence-corrected chi connectivity index (χ4v) is 1.82. The summed E-state index contributed by atoms with van der Waals surface area (Å²) in [7, 11) is 0. The molecule has 4 aromatic carbocycles. The molecule has 0 spiro atoms. The topological polar surface area (TPSA) is 0 Å². The third kappa shape index (κ3) is 36.9. The zero-order valence-corrected chi connectivity index (χ0v) is 29.1. The van der Waals surface area contributed by atoms with Crippen LogP contribution in [0.15, 0.2) is 109 Å². The van der Waals surface area contributed by atoms with Gasteiger partial charge in [0.05, 0.1) is 0 Å². The zero-order chi connectivity index (χ0) is 27.3. The Labute approximate surface area is 245 Å². The average Bonchev–Trinajstić information content (AvgIpc) is 3.02. The number of fused-ring (bicyclic) bond motifs is 1. The van der Waals surface area contributed by atoms with Gasteiger partial charge in [0.1, 0.15) is 0 Å². The molecular formula is C34H54U. The minimum absolute atomic E-state index is 0. The van der Waals surface area contributed by atoms with Crippen molar-refractivity contribution in [2.24, 2.45) is 0 Å². The standard InChI is InChI=1S/C10H8.2C6H5.6C2H6.U/c1-2-6-10-8-4-3-7-9(10)5-1;2*1-2-4-6-5-3-1;6*1-2;/h1-8H;2*1-5H;6*1-2H3;/q;2*-1;;;;;;;+2. The molecule has 0 aliphatic carbocycles. The van der Waals surface area contributed by atoms with Crippen molar-refractivity contribution >= 4 is 10.8 Å². The molecule has 35 heavy (non-hydrogen) atoms. The molecule has 0 atom stereocenters. The van der Waals surface area contributed by atoms with Crippen LogP contribution in [0.5, 0.6) is 0 Å². The van der Waals surface area contributed by atoms with Gasteiger partial charge in [0.15, 0.2) is 0 Å². The summed E-state index contributed by atoms with van der Waals surface area (Å²) in [4.78, 5) is 0. The molecule has 0 saturated carbocycles. The molecule has 4 aromatic rings. The Balaban J connectivity index is -0.0000000751. The van der Waals surface area contributed by atoms with Crippen LogP contribution in [0, 0.1) is 43.2 Å². The number of benzene rings is 4. The summed E-state index contributed by atoms with van der Waals surface area (Å²) in [5.41, 5.74) is 0. The largest absolute Gasteiger partial charge is 2.00 e. The van der Waals surface area contributed by atoms with Gasteiger partial charge in [0, 0.05) is 0 Å². The summed E-state index contributed by atoms with van der Waals surface area (Å²) < 4.78 is 0. The number of hydrogen-bond acceptors (Lipinski definition) is 0. The van der Waals surface area contributed by atoms with E-state index < -0.39 is 0 Å². The van der Waals surface area contributed by atoms with Gasteiger partial charge in [-0.3, -0.25) is 0 Å². The maximum atomic E-state index is 2.89. The SMILES string of the molecule is CC.CC.CC.CC.CC.CC.[U+2].[c-]1ccccc1.[c-]1ccccc1.c1ccc2ccccc2c1. The molecule has 0 amide bonds. The first-order chi connectivity index (χ1) is 17.0. The molecule has 0 fully saturated rings. The van der Waals surface area contributed by atoms with E-state index in [2.05, 4.69) is 60.7 Å². The Morgan fingerprint density at radius 2 is 0.514 bits per heavy atom. The molecule has 0 nitrogen and oxygen atoms in total. The normalized spacial score (nSPS) is 6.63. The van der Waals surface area contributed by atoms with Crippen molar-refractivity contribution in [3.8, 4) is 0 Å². The fraction of sp³-hybridized carbons (Fsp3) is 0.353. The Bertz CT molecular complexity index is 587. The first kappa shape index (κ1) is 46.5. The van der Waals surface area contributed by atoms with Crippen molar-refractivity contribution < 1.29 is 31.1 Å². The van der Waals surface area contributed by atoms with Crippen LogP contribution in [0.2, 0.25) is 0 Å². The van der Waals surface area contributed by atoms with Crippen LogP contribution in [0.4, 0.5) is 0 Å². The summed E-state index contributed by atoms with van der Waals surface area (Å²) in [5, 5.41) is 2.62. The van der Waals surface area contributed by atoms with Crippen LogP contribution in [0.1, 0.15) is 83.1 Å². The van der Waals surface area contributed by atoms with Crippen LogP contribution in [-0.4, -0.2) is 0 Å². The first-order valence-electron chi connectivity index (χ1n) is 13.2. The minimum Gasteiger partial charge on any atom is -0.184 e. The van der Waals surface area contributed by atoms with Crippen molar-refractivity contribution in [2.45, 2.75) is 83.1 Å². The second kappa shape index (κ2) is 53.5. The van der Waals surface area contributed by atoms with E-state index in [4.69, 9.17) is 0 Å². The van der Waals surface area contributed by atoms with Gasteiger partial charge in [0.25, 0.3) is 0 Å². The predicted molar refractivity (Wildman–Crippen MR) is 163 cm³/mol. The van der Waals surface area contributed by atoms with Gasteiger partial charge in [-0.05, 0) is 10.8 Å². The molecule has 0 aliphatic rings. The molecule has 0 heterocycles. The monoisotopic (exact) mass is 700 g/mol. The molecule has 0 aliphatic heterocycles. The third-order valence-electron chi connectivity index (χ3n) is 2.87. The van der Waals surface area contributed by atoms with Gasteiger partial charge in [-0.15, -0.1) is 0 Å². The molecule has 0 radical (unpaired) electrons. The van der Waals surface area contributed by atoms with Crippen LogP contribution in [0.25, 0.3) is 10.8 Å². The van der Waals surface area contributed by atoms with Crippen LogP contribution < -0.4 is 0 Å². The molecule has 194 valence electrons. The molecule has 0 bridgehead atoms. The molecule has 4 rings (SSSR count). The smallest absolute Gasteiger partial charge is 0.184 e. The average molecular weight is 701 g/mol. The van der Waals surface area contributed by atoms with E-state index in [9.17, 15) is 0 Å². The Morgan fingerprint density at radius 1 is 0.314 bits per heavy atom. The van der Waals surface area contributed by atoms with Crippen molar-refractivity contribution in [2.75, 3.05) is 0 Å². The van der Waals surface area contributed by atoms with Gasteiger partial charge >= 0.3 is 31.1 Å². The Hall–Kier alpha value is -1.81. The summed E-state index contributed by atoms with van der Waals surface area (Å²) >= 11 is 0. The van der Waals surface area contributed by atoms with Crippen molar-refractivity contribution in [3.63, 3.8) is 0 Å². The van der Waals surface area contributed by atoms with Gasteiger partial charge in [-0.2, -0.15) is 72.8 Å². The van der Waals surface area contributed by atoms with Crippen LogP contribution in [0.3, 0.4) is 0 Å². The van der Waals surface area contributed by atoms with E-state index in [0.29, 0.717) is 0 Å². The van der Waals surface area contributed by atoms with Crippen LogP contribution >= 0.6 is 0 Å². The zero-order valence-electron chi connectivity index (χ0n) is 24.9. The fourth-order valence-electron chi connectivity index (χ4n) is 1.82. The van der Waals surface area contributed by atoms with Gasteiger partial charge in [-0.1, -0.05) is 132 Å². The second-order valence-electron chi connectivity index (χ2n) is 4.50. The van der Waals surface area contributed by atoms with E-state index in [1.807, 2.05) is 144 Å². The Morgan fingerprint density at radius 3 is 0.629 bits per heavy atom. The maximum absolute atomic E-state index is 2.89. The predicted octanol–water partition coefficient (Wildman–Crippen LogP) is 12.0.